The van der Waals surface area contributed by atoms with Crippen molar-refractivity contribution >= 4 is 13.3 Å². The fourth-order valence-corrected chi connectivity index (χ4v) is 2.14. The first-order valence-corrected chi connectivity index (χ1v) is 4.15. The van der Waals surface area contributed by atoms with E-state index in [0.717, 1.165) is 0 Å². The Morgan fingerprint density at radius 3 is 2.45 bits per heavy atom. The van der Waals surface area contributed by atoms with Crippen molar-refractivity contribution in [3.63, 3.8) is 0 Å². The van der Waals surface area contributed by atoms with E-state index in [0.29, 0.717) is 5.41 Å². The zero-order chi connectivity index (χ0) is 8.22. The molecule has 0 aliphatic heterocycles. The van der Waals surface area contributed by atoms with E-state index in [2.05, 4.69) is 40.8 Å². The predicted octanol–water partition coefficient (Wildman–Crippen LogP) is 0.893. The minimum absolute atomic E-state index is 0.387. The molecule has 1 heteroatoms. The van der Waals surface area contributed by atoms with Gasteiger partial charge >= 0.3 is 0 Å². The Hall–Kier alpha value is -0.715. The summed E-state index contributed by atoms with van der Waals surface area (Å²) in [6, 6.07) is 4.58. The average Bonchev–Trinajstić information content (AvgIpc) is 2.34. The van der Waals surface area contributed by atoms with Gasteiger partial charge in [0.15, 0.2) is 0 Å². The molecule has 0 aromatic heterocycles. The molecule has 0 N–H and O–H groups in total. The Balaban J connectivity index is 2.63. The molecule has 0 unspecified atom stereocenters. The van der Waals surface area contributed by atoms with Crippen LogP contribution in [0.1, 0.15) is 30.5 Å². The first-order valence-electron chi connectivity index (χ1n) is 4.15. The smallest absolute Gasteiger partial charge is 0.0884 e. The Morgan fingerprint density at radius 2 is 1.91 bits per heavy atom. The predicted molar refractivity (Wildman–Crippen MR) is 51.5 cm³/mol. The molecule has 2 rings (SSSR count). The molecular weight excluding hydrogens is 131 g/mol. The van der Waals surface area contributed by atoms with Crippen LogP contribution >= 0.6 is 0 Å². The van der Waals surface area contributed by atoms with Gasteiger partial charge in [-0.3, -0.25) is 0 Å². The van der Waals surface area contributed by atoms with Gasteiger partial charge in [-0.05, 0) is 23.6 Å². The highest BCUT2D eigenvalue weighted by Crippen LogP contribution is 2.50. The standard InChI is InChI=1S/C10H13B/c1-6-4-7(11)5-8-9(6)10(8,2)3/h4-5H,11H2,1-3H3. The van der Waals surface area contributed by atoms with Crippen molar-refractivity contribution in [3.05, 3.63) is 28.8 Å². The molecule has 56 valence electrons. The zero-order valence-corrected chi connectivity index (χ0v) is 7.65. The second kappa shape index (κ2) is 1.71. The van der Waals surface area contributed by atoms with Crippen LogP contribution in [-0.4, -0.2) is 7.85 Å². The van der Waals surface area contributed by atoms with Gasteiger partial charge in [-0.1, -0.05) is 31.4 Å². The molecular formula is C10H13B. The Labute approximate surface area is 69.0 Å². The van der Waals surface area contributed by atoms with Gasteiger partial charge in [-0.2, -0.15) is 0 Å². The van der Waals surface area contributed by atoms with E-state index in [1.807, 2.05) is 0 Å². The van der Waals surface area contributed by atoms with Crippen LogP contribution in [0.2, 0.25) is 0 Å². The number of benzene rings is 1. The lowest BCUT2D eigenvalue weighted by molar-refractivity contribution is 0.790. The first kappa shape index (κ1) is 6.96. The Kier molecular flexibility index (Phi) is 1.08. The quantitative estimate of drug-likeness (QED) is 0.474. The number of aryl methyl sites for hydroxylation is 1. The molecule has 0 radical (unpaired) electrons. The summed E-state index contributed by atoms with van der Waals surface area (Å²) in [5.41, 5.74) is 6.37. The minimum Gasteiger partial charge on any atom is -0.0884 e. The highest BCUT2D eigenvalue weighted by Gasteiger charge is 2.42. The highest BCUT2D eigenvalue weighted by molar-refractivity contribution is 6.32. The maximum atomic E-state index is 2.31. The van der Waals surface area contributed by atoms with Crippen molar-refractivity contribution in [1.82, 2.24) is 0 Å². The lowest BCUT2D eigenvalue weighted by Crippen LogP contribution is -1.99. The summed E-state index contributed by atoms with van der Waals surface area (Å²) < 4.78 is 0. The van der Waals surface area contributed by atoms with Gasteiger partial charge in [-0.25, -0.2) is 0 Å². The van der Waals surface area contributed by atoms with Crippen LogP contribution in [0, 0.1) is 6.92 Å². The molecule has 0 spiro atoms. The van der Waals surface area contributed by atoms with Crippen molar-refractivity contribution in [1.29, 1.82) is 0 Å². The van der Waals surface area contributed by atoms with Crippen molar-refractivity contribution in [2.75, 3.05) is 0 Å². The van der Waals surface area contributed by atoms with E-state index < -0.39 is 0 Å². The number of rotatable bonds is 0. The van der Waals surface area contributed by atoms with Gasteiger partial charge in [0, 0.05) is 5.41 Å². The van der Waals surface area contributed by atoms with E-state index in [1.54, 1.807) is 11.1 Å². The van der Waals surface area contributed by atoms with Gasteiger partial charge in [-0.15, -0.1) is 0 Å². The summed E-state index contributed by atoms with van der Waals surface area (Å²) in [4.78, 5) is 0. The zero-order valence-electron chi connectivity index (χ0n) is 7.65. The summed E-state index contributed by atoms with van der Waals surface area (Å²) in [6.07, 6.45) is 0. The lowest BCUT2D eigenvalue weighted by Gasteiger charge is -1.95. The van der Waals surface area contributed by atoms with E-state index in [1.165, 1.54) is 11.0 Å². The van der Waals surface area contributed by atoms with Gasteiger partial charge < -0.3 is 0 Å². The molecule has 1 aromatic rings. The van der Waals surface area contributed by atoms with Crippen LogP contribution in [0.5, 0.6) is 0 Å². The number of hydrogen-bond donors (Lipinski definition) is 0. The summed E-state index contributed by atoms with van der Waals surface area (Å²) in [5, 5.41) is 0. The normalized spacial score (nSPS) is 17.7. The summed E-state index contributed by atoms with van der Waals surface area (Å²) in [7, 11) is 2.17. The molecule has 11 heavy (non-hydrogen) atoms. The van der Waals surface area contributed by atoms with E-state index >= 15 is 0 Å². The molecule has 1 aliphatic rings. The van der Waals surface area contributed by atoms with Crippen molar-refractivity contribution < 1.29 is 0 Å². The third-order valence-corrected chi connectivity index (χ3v) is 2.72. The van der Waals surface area contributed by atoms with Crippen LogP contribution in [0.3, 0.4) is 0 Å². The average molecular weight is 144 g/mol. The van der Waals surface area contributed by atoms with E-state index in [4.69, 9.17) is 0 Å². The minimum atomic E-state index is 0.387. The molecule has 0 saturated heterocycles. The highest BCUT2D eigenvalue weighted by atomic mass is 14.5. The van der Waals surface area contributed by atoms with Gasteiger partial charge in [0.25, 0.3) is 0 Å². The maximum Gasteiger partial charge on any atom is 0.139 e. The van der Waals surface area contributed by atoms with Gasteiger partial charge in [0.2, 0.25) is 0 Å². The molecule has 0 fully saturated rings. The van der Waals surface area contributed by atoms with Crippen LogP contribution < -0.4 is 5.46 Å². The van der Waals surface area contributed by atoms with Gasteiger partial charge in [0.1, 0.15) is 7.85 Å². The van der Waals surface area contributed by atoms with Crippen molar-refractivity contribution in [3.8, 4) is 0 Å². The topological polar surface area (TPSA) is 0 Å². The van der Waals surface area contributed by atoms with Crippen molar-refractivity contribution in [2.24, 2.45) is 0 Å². The number of fused-ring (bicyclic) bond motifs is 1. The molecule has 1 aromatic carbocycles. The van der Waals surface area contributed by atoms with Crippen LogP contribution in [0.15, 0.2) is 12.1 Å². The molecule has 0 nitrogen and oxygen atoms in total. The summed E-state index contributed by atoms with van der Waals surface area (Å²) >= 11 is 0. The van der Waals surface area contributed by atoms with E-state index in [9.17, 15) is 0 Å². The second-order valence-electron chi connectivity index (χ2n) is 4.13. The fourth-order valence-electron chi connectivity index (χ4n) is 2.14. The SMILES string of the molecule is Bc1cc(C)c2c(c1)C2(C)C. The third-order valence-electron chi connectivity index (χ3n) is 2.72. The Morgan fingerprint density at radius 1 is 1.27 bits per heavy atom. The lowest BCUT2D eigenvalue weighted by atomic mass is 9.95. The van der Waals surface area contributed by atoms with Gasteiger partial charge in [0.05, 0.1) is 0 Å². The molecule has 0 saturated carbocycles. The van der Waals surface area contributed by atoms with Crippen LogP contribution in [-0.2, 0) is 5.41 Å². The van der Waals surface area contributed by atoms with Crippen LogP contribution in [0.4, 0.5) is 0 Å². The maximum absolute atomic E-state index is 2.31. The molecule has 0 atom stereocenters. The fraction of sp³-hybridized carbons (Fsp3) is 0.400. The third kappa shape index (κ3) is 0.771. The first-order chi connectivity index (χ1) is 5.03. The molecule has 0 bridgehead atoms. The monoisotopic (exact) mass is 144 g/mol. The second-order valence-corrected chi connectivity index (χ2v) is 4.13. The molecule has 0 heterocycles. The number of hydrogen-bond acceptors (Lipinski definition) is 0. The summed E-state index contributed by atoms with van der Waals surface area (Å²) in [6.45, 7) is 6.80. The largest absolute Gasteiger partial charge is 0.139 e. The molecule has 1 aliphatic carbocycles. The van der Waals surface area contributed by atoms with Crippen LogP contribution in [0.25, 0.3) is 0 Å². The van der Waals surface area contributed by atoms with E-state index in [-0.39, 0.29) is 0 Å². The van der Waals surface area contributed by atoms with Crippen molar-refractivity contribution in [2.45, 2.75) is 26.2 Å². The Bertz CT molecular complexity index is 324. The molecule has 0 amide bonds. The summed E-state index contributed by atoms with van der Waals surface area (Å²) in [5.74, 6) is 0.